The van der Waals surface area contributed by atoms with Gasteiger partial charge >= 0.3 is 0 Å². The number of sulfonamides is 1. The molecular formula is C13H19NO2S. The SMILES string of the molecule is Cc1ccc(/C=C/S(=O)(=O)NCC(C)C)cc1. The van der Waals surface area contributed by atoms with E-state index in [1.54, 1.807) is 6.08 Å². The summed E-state index contributed by atoms with van der Waals surface area (Å²) < 4.78 is 25.7. The van der Waals surface area contributed by atoms with Crippen LogP contribution in [-0.2, 0) is 10.0 Å². The summed E-state index contributed by atoms with van der Waals surface area (Å²) in [5.74, 6) is 0.303. The molecule has 1 aromatic carbocycles. The quantitative estimate of drug-likeness (QED) is 0.876. The third kappa shape index (κ3) is 5.65. The van der Waals surface area contributed by atoms with Crippen LogP contribution in [-0.4, -0.2) is 15.0 Å². The van der Waals surface area contributed by atoms with Crippen LogP contribution < -0.4 is 4.72 Å². The average molecular weight is 253 g/mol. The second-order valence-corrected chi connectivity index (χ2v) is 6.15. The topological polar surface area (TPSA) is 46.2 Å². The molecule has 0 bridgehead atoms. The van der Waals surface area contributed by atoms with Gasteiger partial charge in [-0.15, -0.1) is 0 Å². The van der Waals surface area contributed by atoms with Crippen molar-refractivity contribution in [3.05, 3.63) is 40.8 Å². The Bertz CT molecular complexity index is 473. The van der Waals surface area contributed by atoms with Crippen molar-refractivity contribution in [3.8, 4) is 0 Å². The van der Waals surface area contributed by atoms with E-state index in [0.29, 0.717) is 12.5 Å². The van der Waals surface area contributed by atoms with Gasteiger partial charge in [-0.25, -0.2) is 13.1 Å². The van der Waals surface area contributed by atoms with Gasteiger partial charge in [0.2, 0.25) is 10.0 Å². The lowest BCUT2D eigenvalue weighted by Crippen LogP contribution is -2.25. The van der Waals surface area contributed by atoms with Crippen LogP contribution in [0.1, 0.15) is 25.0 Å². The third-order valence-corrected chi connectivity index (χ3v) is 3.27. The van der Waals surface area contributed by atoms with Gasteiger partial charge in [-0.3, -0.25) is 0 Å². The first-order valence-corrected chi connectivity index (χ1v) is 7.18. The van der Waals surface area contributed by atoms with Gasteiger partial charge in [0.05, 0.1) is 0 Å². The lowest BCUT2D eigenvalue weighted by atomic mass is 10.2. The molecule has 4 heteroatoms. The molecule has 3 nitrogen and oxygen atoms in total. The summed E-state index contributed by atoms with van der Waals surface area (Å²) in [6, 6.07) is 7.69. The fourth-order valence-electron chi connectivity index (χ4n) is 1.18. The van der Waals surface area contributed by atoms with Crippen LogP contribution in [0, 0.1) is 12.8 Å². The summed E-state index contributed by atoms with van der Waals surface area (Å²) >= 11 is 0. The van der Waals surface area contributed by atoms with E-state index in [2.05, 4.69) is 4.72 Å². The minimum absolute atomic E-state index is 0.303. The molecule has 0 aliphatic heterocycles. The molecule has 0 saturated heterocycles. The maximum atomic E-state index is 11.6. The van der Waals surface area contributed by atoms with Gasteiger partial charge in [0.15, 0.2) is 0 Å². The van der Waals surface area contributed by atoms with Gasteiger partial charge in [-0.05, 0) is 24.5 Å². The molecule has 0 fully saturated rings. The molecule has 0 atom stereocenters. The van der Waals surface area contributed by atoms with Crippen molar-refractivity contribution < 1.29 is 8.42 Å². The number of hydrogen-bond acceptors (Lipinski definition) is 2. The van der Waals surface area contributed by atoms with Crippen molar-refractivity contribution in [2.45, 2.75) is 20.8 Å². The Hall–Kier alpha value is -1.13. The molecule has 0 heterocycles. The van der Waals surface area contributed by atoms with Crippen LogP contribution in [0.3, 0.4) is 0 Å². The highest BCUT2D eigenvalue weighted by Gasteiger charge is 2.05. The molecule has 0 aliphatic carbocycles. The second-order valence-electron chi connectivity index (χ2n) is 4.50. The summed E-state index contributed by atoms with van der Waals surface area (Å²) in [5.41, 5.74) is 2.04. The van der Waals surface area contributed by atoms with Crippen molar-refractivity contribution in [3.63, 3.8) is 0 Å². The zero-order valence-corrected chi connectivity index (χ0v) is 11.3. The molecule has 0 saturated carbocycles. The summed E-state index contributed by atoms with van der Waals surface area (Å²) in [6.45, 7) is 6.38. The summed E-state index contributed by atoms with van der Waals surface area (Å²) in [6.07, 6.45) is 1.60. The van der Waals surface area contributed by atoms with Crippen LogP contribution in [0.15, 0.2) is 29.7 Å². The Morgan fingerprint density at radius 3 is 2.35 bits per heavy atom. The molecule has 0 aliphatic rings. The summed E-state index contributed by atoms with van der Waals surface area (Å²) in [7, 11) is -3.32. The first-order valence-electron chi connectivity index (χ1n) is 5.63. The first kappa shape index (κ1) is 13.9. The number of hydrogen-bond donors (Lipinski definition) is 1. The highest BCUT2D eigenvalue weighted by Crippen LogP contribution is 2.06. The van der Waals surface area contributed by atoms with Crippen LogP contribution in [0.5, 0.6) is 0 Å². The highest BCUT2D eigenvalue weighted by atomic mass is 32.2. The molecule has 1 aromatic rings. The van der Waals surface area contributed by atoms with E-state index in [-0.39, 0.29) is 0 Å². The van der Waals surface area contributed by atoms with Gasteiger partial charge in [0, 0.05) is 12.0 Å². The Morgan fingerprint density at radius 2 is 1.82 bits per heavy atom. The number of benzene rings is 1. The van der Waals surface area contributed by atoms with E-state index < -0.39 is 10.0 Å². The number of aryl methyl sites for hydroxylation is 1. The molecule has 0 unspecified atom stereocenters. The van der Waals surface area contributed by atoms with E-state index in [1.807, 2.05) is 45.0 Å². The zero-order chi connectivity index (χ0) is 12.9. The maximum Gasteiger partial charge on any atom is 0.233 e. The Kier molecular flexibility index (Phi) is 4.90. The number of rotatable bonds is 5. The molecule has 1 rings (SSSR count). The molecule has 1 N–H and O–H groups in total. The highest BCUT2D eigenvalue weighted by molar-refractivity contribution is 7.92. The van der Waals surface area contributed by atoms with Crippen molar-refractivity contribution >= 4 is 16.1 Å². The van der Waals surface area contributed by atoms with Crippen LogP contribution in [0.2, 0.25) is 0 Å². The van der Waals surface area contributed by atoms with Gasteiger partial charge in [0.1, 0.15) is 0 Å². The largest absolute Gasteiger partial charge is 0.233 e. The monoisotopic (exact) mass is 253 g/mol. The van der Waals surface area contributed by atoms with Gasteiger partial charge in [-0.2, -0.15) is 0 Å². The predicted molar refractivity (Wildman–Crippen MR) is 72.0 cm³/mol. The van der Waals surface area contributed by atoms with E-state index in [1.165, 1.54) is 5.41 Å². The normalized spacial score (nSPS) is 12.5. The lowest BCUT2D eigenvalue weighted by Gasteiger charge is -2.04. The number of nitrogens with one attached hydrogen (secondary N) is 1. The standard InChI is InChI=1S/C13H19NO2S/c1-11(2)10-14-17(15,16)9-8-13-6-4-12(3)5-7-13/h4-9,11,14H,10H2,1-3H3/b9-8+. The molecule has 94 valence electrons. The predicted octanol–water partition coefficient (Wildman–Crippen LogP) is 2.54. The van der Waals surface area contributed by atoms with Crippen LogP contribution in [0.4, 0.5) is 0 Å². The van der Waals surface area contributed by atoms with Crippen molar-refractivity contribution in [2.75, 3.05) is 6.54 Å². The first-order chi connectivity index (χ1) is 7.89. The van der Waals surface area contributed by atoms with Crippen molar-refractivity contribution in [2.24, 2.45) is 5.92 Å². The smallest absolute Gasteiger partial charge is 0.211 e. The fraction of sp³-hybridized carbons (Fsp3) is 0.385. The van der Waals surface area contributed by atoms with Gasteiger partial charge in [0.25, 0.3) is 0 Å². The molecular weight excluding hydrogens is 234 g/mol. The molecule has 0 radical (unpaired) electrons. The van der Waals surface area contributed by atoms with E-state index >= 15 is 0 Å². The zero-order valence-electron chi connectivity index (χ0n) is 10.5. The van der Waals surface area contributed by atoms with Gasteiger partial charge < -0.3 is 0 Å². The molecule has 0 amide bonds. The average Bonchev–Trinajstić information content (AvgIpc) is 2.26. The maximum absolute atomic E-state index is 11.6. The fourth-order valence-corrected chi connectivity index (χ4v) is 2.17. The molecule has 17 heavy (non-hydrogen) atoms. The van der Waals surface area contributed by atoms with Gasteiger partial charge in [-0.1, -0.05) is 43.7 Å². The Labute approximate surface area is 104 Å². The molecule has 0 spiro atoms. The molecule has 0 aromatic heterocycles. The van der Waals surface area contributed by atoms with Crippen LogP contribution in [0.25, 0.3) is 6.08 Å². The Balaban J connectivity index is 2.67. The summed E-state index contributed by atoms with van der Waals surface area (Å²) in [4.78, 5) is 0. The van der Waals surface area contributed by atoms with E-state index in [9.17, 15) is 8.42 Å². The Morgan fingerprint density at radius 1 is 1.24 bits per heavy atom. The summed E-state index contributed by atoms with van der Waals surface area (Å²) in [5, 5.41) is 1.21. The van der Waals surface area contributed by atoms with E-state index in [0.717, 1.165) is 11.1 Å². The van der Waals surface area contributed by atoms with Crippen molar-refractivity contribution in [1.82, 2.24) is 4.72 Å². The van der Waals surface area contributed by atoms with Crippen LogP contribution >= 0.6 is 0 Å². The van der Waals surface area contributed by atoms with E-state index in [4.69, 9.17) is 0 Å². The third-order valence-electron chi connectivity index (χ3n) is 2.21. The minimum atomic E-state index is -3.32. The van der Waals surface area contributed by atoms with Crippen molar-refractivity contribution in [1.29, 1.82) is 0 Å². The lowest BCUT2D eigenvalue weighted by molar-refractivity contribution is 0.568. The minimum Gasteiger partial charge on any atom is -0.211 e. The second kappa shape index (κ2) is 5.98.